The molecule has 1 aliphatic heterocycles. The van der Waals surface area contributed by atoms with Crippen molar-refractivity contribution in [1.29, 1.82) is 0 Å². The molecule has 1 saturated heterocycles. The van der Waals surface area contributed by atoms with Crippen molar-refractivity contribution in [1.82, 2.24) is 0 Å². The average Bonchev–Trinajstić information content (AvgIpc) is 3.10. The van der Waals surface area contributed by atoms with E-state index in [0.717, 1.165) is 31.2 Å². The molecule has 2 aromatic carbocycles. The maximum atomic E-state index is 6.11. The Labute approximate surface area is 190 Å². The summed E-state index contributed by atoms with van der Waals surface area (Å²) in [6.45, 7) is 12.2. The molecular weight excluding hydrogens is 396 g/mol. The summed E-state index contributed by atoms with van der Waals surface area (Å²) in [6, 6.07) is 23.3. The zero-order valence-electron chi connectivity index (χ0n) is 20.1. The highest BCUT2D eigenvalue weighted by Crippen LogP contribution is 2.49. The zero-order chi connectivity index (χ0) is 22.1. The predicted octanol–water partition coefficient (Wildman–Crippen LogP) is 7.76. The van der Waals surface area contributed by atoms with Crippen molar-refractivity contribution in [2.24, 2.45) is 11.3 Å². The summed E-state index contributed by atoms with van der Waals surface area (Å²) in [6.07, 6.45) is 6.11. The van der Waals surface area contributed by atoms with Crippen molar-refractivity contribution in [3.05, 3.63) is 71.8 Å². The van der Waals surface area contributed by atoms with E-state index in [1.54, 1.807) is 0 Å². The van der Waals surface area contributed by atoms with Crippen LogP contribution in [-0.2, 0) is 9.78 Å². The molecule has 1 spiro atoms. The first kappa shape index (κ1) is 22.8. The summed E-state index contributed by atoms with van der Waals surface area (Å²) in [5, 5.41) is 0. The molecule has 168 valence electrons. The van der Waals surface area contributed by atoms with Gasteiger partial charge in [0.1, 0.15) is 5.60 Å². The van der Waals surface area contributed by atoms with Crippen molar-refractivity contribution in [2.45, 2.75) is 89.3 Å². The van der Waals surface area contributed by atoms with Crippen molar-refractivity contribution in [3.63, 3.8) is 0 Å². The lowest BCUT2D eigenvalue weighted by atomic mass is 9.67. The minimum atomic E-state index is -1.71. The van der Waals surface area contributed by atoms with Crippen LogP contribution in [0.4, 0.5) is 0 Å². The maximum absolute atomic E-state index is 6.11. The largest absolute Gasteiger partial charge is 0.233 e. The van der Waals surface area contributed by atoms with Gasteiger partial charge in [-0.2, -0.15) is 0 Å². The Bertz CT molecular complexity index is 793. The highest BCUT2D eigenvalue weighted by molar-refractivity contribution is 6.79. The molecule has 3 heteroatoms. The molecule has 2 aromatic rings. The third-order valence-corrected chi connectivity index (χ3v) is 11.6. The van der Waals surface area contributed by atoms with Crippen LogP contribution in [0.1, 0.15) is 69.5 Å². The van der Waals surface area contributed by atoms with E-state index in [1.807, 2.05) is 0 Å². The SMILES string of the molecule is CC(C)(C)C1CCC2(CC1)CC(C[Si](C)(C)C(c1ccccc1)c1ccccc1)OO2. The van der Waals surface area contributed by atoms with E-state index in [-0.39, 0.29) is 11.7 Å². The summed E-state index contributed by atoms with van der Waals surface area (Å²) in [5.41, 5.74) is 3.70. The fourth-order valence-corrected chi connectivity index (χ4v) is 9.96. The summed E-state index contributed by atoms with van der Waals surface area (Å²) in [5.74, 6) is 0.798. The first-order valence-electron chi connectivity index (χ1n) is 12.1. The smallest absolute Gasteiger partial charge is 0.106 e. The molecule has 1 heterocycles. The fourth-order valence-electron chi connectivity index (χ4n) is 6.15. The van der Waals surface area contributed by atoms with Crippen molar-refractivity contribution >= 4 is 8.07 Å². The van der Waals surface area contributed by atoms with Crippen LogP contribution in [0, 0.1) is 11.3 Å². The van der Waals surface area contributed by atoms with Crippen LogP contribution in [0.5, 0.6) is 0 Å². The normalized spacial score (nSPS) is 27.2. The third-order valence-electron chi connectivity index (χ3n) is 7.88. The standard InChI is InChI=1S/C28H40O2Si/c1-27(2,3)24-16-18-28(19-17-24)20-25(29-30-28)21-31(4,5)26(22-12-8-6-9-13-22)23-14-10-7-11-15-23/h6-15,24-26H,16-21H2,1-5H3. The molecule has 1 unspecified atom stereocenters. The van der Waals surface area contributed by atoms with Gasteiger partial charge >= 0.3 is 0 Å². The van der Waals surface area contributed by atoms with Crippen molar-refractivity contribution < 1.29 is 9.78 Å². The summed E-state index contributed by atoms with van der Waals surface area (Å²) < 4.78 is 0. The molecule has 2 aliphatic rings. The van der Waals surface area contributed by atoms with E-state index >= 15 is 0 Å². The molecule has 31 heavy (non-hydrogen) atoms. The summed E-state index contributed by atoms with van der Waals surface area (Å²) in [7, 11) is -1.71. The number of hydrogen-bond acceptors (Lipinski definition) is 2. The van der Waals surface area contributed by atoms with Gasteiger partial charge < -0.3 is 0 Å². The second-order valence-electron chi connectivity index (χ2n) is 11.8. The molecule has 0 radical (unpaired) electrons. The van der Waals surface area contributed by atoms with Crippen LogP contribution in [0.15, 0.2) is 60.7 Å². The molecule has 0 bridgehead atoms. The minimum absolute atomic E-state index is 0.0358. The van der Waals surface area contributed by atoms with Gasteiger partial charge in [-0.15, -0.1) is 0 Å². The van der Waals surface area contributed by atoms with E-state index in [0.29, 0.717) is 11.0 Å². The Kier molecular flexibility index (Phi) is 6.49. The predicted molar refractivity (Wildman–Crippen MR) is 132 cm³/mol. The highest BCUT2D eigenvalue weighted by atomic mass is 28.3. The molecule has 0 N–H and O–H groups in total. The van der Waals surface area contributed by atoms with Crippen LogP contribution in [-0.4, -0.2) is 19.8 Å². The zero-order valence-corrected chi connectivity index (χ0v) is 21.1. The van der Waals surface area contributed by atoms with Gasteiger partial charge in [0.25, 0.3) is 0 Å². The first-order chi connectivity index (χ1) is 14.7. The van der Waals surface area contributed by atoms with Gasteiger partial charge in [-0.25, -0.2) is 9.78 Å². The Balaban J connectivity index is 1.48. The molecular formula is C28H40O2Si. The highest BCUT2D eigenvalue weighted by Gasteiger charge is 2.48. The minimum Gasteiger partial charge on any atom is -0.233 e. The Hall–Kier alpha value is -1.42. The van der Waals surface area contributed by atoms with Gasteiger partial charge in [-0.1, -0.05) is 94.5 Å². The van der Waals surface area contributed by atoms with Crippen LogP contribution < -0.4 is 0 Å². The second kappa shape index (κ2) is 8.84. The molecule has 1 aliphatic carbocycles. The molecule has 2 nitrogen and oxygen atoms in total. The van der Waals surface area contributed by atoms with Gasteiger partial charge in [-0.05, 0) is 54.2 Å². The number of benzene rings is 2. The third kappa shape index (κ3) is 5.15. The van der Waals surface area contributed by atoms with Crippen molar-refractivity contribution in [2.75, 3.05) is 0 Å². The lowest BCUT2D eigenvalue weighted by molar-refractivity contribution is -0.330. The number of rotatable bonds is 5. The second-order valence-corrected chi connectivity index (χ2v) is 16.7. The van der Waals surface area contributed by atoms with Gasteiger partial charge in [0.05, 0.1) is 14.2 Å². The Morgan fingerprint density at radius 1 is 0.903 bits per heavy atom. The summed E-state index contributed by atoms with van der Waals surface area (Å²) in [4.78, 5) is 12.2. The van der Waals surface area contributed by atoms with Gasteiger partial charge in [-0.3, -0.25) is 0 Å². The lowest BCUT2D eigenvalue weighted by Gasteiger charge is -2.40. The molecule has 4 rings (SSSR count). The van der Waals surface area contributed by atoms with Gasteiger partial charge in [0.2, 0.25) is 0 Å². The maximum Gasteiger partial charge on any atom is 0.106 e. The quantitative estimate of drug-likeness (QED) is 0.352. The van der Waals surface area contributed by atoms with Crippen LogP contribution in [0.25, 0.3) is 0 Å². The topological polar surface area (TPSA) is 18.5 Å². The van der Waals surface area contributed by atoms with Crippen LogP contribution >= 0.6 is 0 Å². The summed E-state index contributed by atoms with van der Waals surface area (Å²) >= 11 is 0. The fraction of sp³-hybridized carbons (Fsp3) is 0.571. The van der Waals surface area contributed by atoms with Gasteiger partial charge in [0.15, 0.2) is 0 Å². The Morgan fingerprint density at radius 2 is 1.42 bits per heavy atom. The lowest BCUT2D eigenvalue weighted by Crippen LogP contribution is -2.40. The van der Waals surface area contributed by atoms with E-state index in [2.05, 4.69) is 94.5 Å². The van der Waals surface area contributed by atoms with E-state index < -0.39 is 8.07 Å². The first-order valence-corrected chi connectivity index (χ1v) is 15.4. The van der Waals surface area contributed by atoms with Crippen LogP contribution in [0.2, 0.25) is 19.1 Å². The van der Waals surface area contributed by atoms with E-state index in [9.17, 15) is 0 Å². The van der Waals surface area contributed by atoms with E-state index in [4.69, 9.17) is 9.78 Å². The molecule has 0 aromatic heterocycles. The Morgan fingerprint density at radius 3 is 1.90 bits per heavy atom. The molecule has 1 saturated carbocycles. The molecule has 1 atom stereocenters. The monoisotopic (exact) mass is 436 g/mol. The van der Waals surface area contributed by atoms with Gasteiger partial charge in [0, 0.05) is 12.0 Å². The van der Waals surface area contributed by atoms with Crippen LogP contribution in [0.3, 0.4) is 0 Å². The number of hydrogen-bond donors (Lipinski definition) is 0. The molecule has 0 amide bonds. The van der Waals surface area contributed by atoms with E-state index in [1.165, 1.54) is 24.0 Å². The van der Waals surface area contributed by atoms with Crippen molar-refractivity contribution in [3.8, 4) is 0 Å². The average molecular weight is 437 g/mol. The molecule has 2 fully saturated rings.